The van der Waals surface area contributed by atoms with Gasteiger partial charge in [-0.2, -0.15) is 0 Å². The lowest BCUT2D eigenvalue weighted by molar-refractivity contribution is -0.150. The minimum absolute atomic E-state index is 0.109. The second-order valence-electron chi connectivity index (χ2n) is 7.07. The zero-order chi connectivity index (χ0) is 19.8. The lowest BCUT2D eigenvalue weighted by Gasteiger charge is -2.28. The topological polar surface area (TPSA) is 89.6 Å². The van der Waals surface area contributed by atoms with Gasteiger partial charge in [0.1, 0.15) is 0 Å². The van der Waals surface area contributed by atoms with Crippen LogP contribution in [0.5, 0.6) is 0 Å². The average molecular weight is 365 g/mol. The minimum Gasteiger partial charge on any atom is -0.481 e. The second-order valence-corrected chi connectivity index (χ2v) is 7.07. The van der Waals surface area contributed by atoms with E-state index in [2.05, 4.69) is 0 Å². The van der Waals surface area contributed by atoms with E-state index in [0.717, 1.165) is 22.3 Å². The van der Waals surface area contributed by atoms with Gasteiger partial charge >= 0.3 is 11.9 Å². The molecule has 0 fully saturated rings. The molecule has 0 radical (unpaired) electrons. The van der Waals surface area contributed by atoms with Crippen molar-refractivity contribution in [3.63, 3.8) is 0 Å². The molecule has 2 aromatic carbocycles. The van der Waals surface area contributed by atoms with E-state index >= 15 is 0 Å². The summed E-state index contributed by atoms with van der Waals surface area (Å²) in [7, 11) is 0. The molecular weight excluding hydrogens is 342 g/mol. The van der Waals surface area contributed by atoms with Crippen LogP contribution in [0.3, 0.4) is 0 Å². The lowest BCUT2D eigenvalue weighted by atomic mass is 9.82. The molecule has 2 aromatic rings. The Morgan fingerprint density at radius 1 is 1.04 bits per heavy atom. The molecule has 3 N–H and O–H groups in total. The van der Waals surface area contributed by atoms with E-state index in [1.807, 2.05) is 63.2 Å². The van der Waals surface area contributed by atoms with Gasteiger partial charge in [-0.25, -0.2) is 4.79 Å². The summed E-state index contributed by atoms with van der Waals surface area (Å²) in [4.78, 5) is 24.4. The zero-order valence-corrected chi connectivity index (χ0v) is 15.7. The number of carbonyl (C=O) groups excluding carboxylic acids is 1. The summed E-state index contributed by atoms with van der Waals surface area (Å²) in [5, 5.41) is 9.43. The summed E-state index contributed by atoms with van der Waals surface area (Å²) in [6.07, 6.45) is -0.382. The fraction of sp³-hybridized carbons (Fsp3) is 0.273. The first kappa shape index (κ1) is 18.9. The third-order valence-electron chi connectivity index (χ3n) is 5.10. The Bertz CT molecular complexity index is 943. The number of ether oxygens (including phenoxy) is 1. The number of carbonyl (C=O) groups is 2. The van der Waals surface area contributed by atoms with E-state index in [0.29, 0.717) is 16.7 Å². The van der Waals surface area contributed by atoms with Crippen LogP contribution in [0.25, 0.3) is 11.1 Å². The molecule has 1 unspecified atom stereocenters. The van der Waals surface area contributed by atoms with Crippen LogP contribution < -0.4 is 5.73 Å². The predicted octanol–water partition coefficient (Wildman–Crippen LogP) is 3.25. The smallest absolute Gasteiger partial charge is 0.340 e. The van der Waals surface area contributed by atoms with Crippen molar-refractivity contribution in [2.24, 2.45) is 5.73 Å². The quantitative estimate of drug-likeness (QED) is 0.794. The highest BCUT2D eigenvalue weighted by Gasteiger charge is 2.49. The summed E-state index contributed by atoms with van der Waals surface area (Å²) in [5.74, 6) is -1.61. The third-order valence-corrected chi connectivity index (χ3v) is 5.10. The highest BCUT2D eigenvalue weighted by atomic mass is 16.6. The molecule has 0 amide bonds. The van der Waals surface area contributed by atoms with E-state index in [1.165, 1.54) is 0 Å². The number of esters is 1. The first-order valence-corrected chi connectivity index (χ1v) is 8.82. The van der Waals surface area contributed by atoms with Crippen molar-refractivity contribution in [2.75, 3.05) is 6.54 Å². The molecule has 0 aromatic heterocycles. The Balaban J connectivity index is 2.31. The fourth-order valence-corrected chi connectivity index (χ4v) is 3.48. The highest BCUT2D eigenvalue weighted by Crippen LogP contribution is 2.45. The summed E-state index contributed by atoms with van der Waals surface area (Å²) in [5.41, 5.74) is 10.2. The van der Waals surface area contributed by atoms with Gasteiger partial charge in [-0.3, -0.25) is 4.79 Å². The standard InChI is InChI=1S/C22H23NO4/c1-13-4-7-16(8-5-13)20-19(17-9-6-14(2)15(3)10-17)21(26)27-22(20,12-23)11-18(24)25/h4-10H,11-12,23H2,1-3H3,(H,24,25). The number of aryl methyl sites for hydroxylation is 3. The molecule has 1 atom stereocenters. The zero-order valence-electron chi connectivity index (χ0n) is 15.7. The first-order valence-electron chi connectivity index (χ1n) is 8.82. The summed E-state index contributed by atoms with van der Waals surface area (Å²) < 4.78 is 5.62. The number of carboxylic acids is 1. The van der Waals surface area contributed by atoms with E-state index in [-0.39, 0.29) is 13.0 Å². The minimum atomic E-state index is -1.38. The molecule has 3 rings (SSSR count). The molecule has 1 heterocycles. The normalized spacial score (nSPS) is 19.3. The predicted molar refractivity (Wildman–Crippen MR) is 104 cm³/mol. The molecule has 5 heteroatoms. The number of rotatable bonds is 5. The van der Waals surface area contributed by atoms with Crippen molar-refractivity contribution in [1.29, 1.82) is 0 Å². The second kappa shape index (κ2) is 7.00. The van der Waals surface area contributed by atoms with Crippen LogP contribution in [0.1, 0.15) is 34.2 Å². The molecule has 0 aliphatic carbocycles. The van der Waals surface area contributed by atoms with Crippen LogP contribution in [-0.4, -0.2) is 29.2 Å². The van der Waals surface area contributed by atoms with Crippen LogP contribution in [0.15, 0.2) is 42.5 Å². The number of aliphatic carboxylic acids is 1. The summed E-state index contributed by atoms with van der Waals surface area (Å²) in [6, 6.07) is 13.3. The number of nitrogens with two attached hydrogens (primary N) is 1. The molecule has 0 saturated heterocycles. The Labute approximate surface area is 158 Å². The van der Waals surface area contributed by atoms with Crippen LogP contribution in [0.2, 0.25) is 0 Å². The maximum atomic E-state index is 12.8. The van der Waals surface area contributed by atoms with Gasteiger partial charge in [-0.15, -0.1) is 0 Å². The highest BCUT2D eigenvalue weighted by molar-refractivity contribution is 6.29. The van der Waals surface area contributed by atoms with Gasteiger partial charge in [0.2, 0.25) is 0 Å². The number of hydrogen-bond acceptors (Lipinski definition) is 4. The SMILES string of the molecule is Cc1ccc(C2=C(c3ccc(C)c(C)c3)C(=O)OC2(CN)CC(=O)O)cc1. The van der Waals surface area contributed by atoms with E-state index < -0.39 is 17.5 Å². The molecular formula is C22H23NO4. The van der Waals surface area contributed by atoms with Gasteiger partial charge in [-0.05, 0) is 43.0 Å². The lowest BCUT2D eigenvalue weighted by Crippen LogP contribution is -2.42. The third kappa shape index (κ3) is 3.38. The molecule has 0 saturated carbocycles. The largest absolute Gasteiger partial charge is 0.481 e. The monoisotopic (exact) mass is 365 g/mol. The van der Waals surface area contributed by atoms with Crippen LogP contribution in [0.4, 0.5) is 0 Å². The van der Waals surface area contributed by atoms with Gasteiger partial charge in [0.25, 0.3) is 0 Å². The van der Waals surface area contributed by atoms with Gasteiger partial charge in [-0.1, -0.05) is 48.0 Å². The van der Waals surface area contributed by atoms with E-state index in [9.17, 15) is 14.7 Å². The van der Waals surface area contributed by atoms with Crippen molar-refractivity contribution < 1.29 is 19.4 Å². The number of benzene rings is 2. The number of carboxylic acid groups (broad SMARTS) is 1. The first-order chi connectivity index (χ1) is 12.8. The fourth-order valence-electron chi connectivity index (χ4n) is 3.48. The van der Waals surface area contributed by atoms with Gasteiger partial charge in [0.15, 0.2) is 5.60 Å². The van der Waals surface area contributed by atoms with Gasteiger partial charge in [0, 0.05) is 12.1 Å². The number of hydrogen-bond donors (Lipinski definition) is 2. The van der Waals surface area contributed by atoms with Crippen molar-refractivity contribution in [3.8, 4) is 0 Å². The Hall–Kier alpha value is -2.92. The Kier molecular flexibility index (Phi) is 4.89. The molecule has 1 aliphatic heterocycles. The molecule has 0 spiro atoms. The maximum Gasteiger partial charge on any atom is 0.340 e. The van der Waals surface area contributed by atoms with Crippen molar-refractivity contribution in [2.45, 2.75) is 32.8 Å². The Morgan fingerprint density at radius 2 is 1.67 bits per heavy atom. The number of cyclic esters (lactones) is 1. The molecule has 1 aliphatic rings. The van der Waals surface area contributed by atoms with Crippen LogP contribution in [0, 0.1) is 20.8 Å². The van der Waals surface area contributed by atoms with Gasteiger partial charge in [0.05, 0.1) is 12.0 Å². The average Bonchev–Trinajstić information content (AvgIpc) is 2.90. The van der Waals surface area contributed by atoms with Crippen molar-refractivity contribution in [3.05, 3.63) is 70.3 Å². The molecule has 140 valence electrons. The van der Waals surface area contributed by atoms with Crippen LogP contribution >= 0.6 is 0 Å². The molecule has 5 nitrogen and oxygen atoms in total. The van der Waals surface area contributed by atoms with Gasteiger partial charge < -0.3 is 15.6 Å². The Morgan fingerprint density at radius 3 is 2.22 bits per heavy atom. The molecule has 0 bridgehead atoms. The maximum absolute atomic E-state index is 12.8. The molecule has 27 heavy (non-hydrogen) atoms. The van der Waals surface area contributed by atoms with E-state index in [4.69, 9.17) is 10.5 Å². The van der Waals surface area contributed by atoms with Crippen molar-refractivity contribution in [1.82, 2.24) is 0 Å². The van der Waals surface area contributed by atoms with Crippen molar-refractivity contribution >= 4 is 23.1 Å². The summed E-state index contributed by atoms with van der Waals surface area (Å²) >= 11 is 0. The summed E-state index contributed by atoms with van der Waals surface area (Å²) in [6.45, 7) is 5.82. The van der Waals surface area contributed by atoms with Crippen LogP contribution in [-0.2, 0) is 14.3 Å². The van der Waals surface area contributed by atoms with E-state index in [1.54, 1.807) is 0 Å².